The number of rotatable bonds is 6. The summed E-state index contributed by atoms with van der Waals surface area (Å²) in [6.07, 6.45) is 6.56. The van der Waals surface area contributed by atoms with E-state index in [0.717, 1.165) is 27.4 Å². The molecule has 66 heavy (non-hydrogen) atoms. The number of para-hydroxylation sites is 4. The summed E-state index contributed by atoms with van der Waals surface area (Å²) in [5, 5.41) is 19.0. The molecule has 14 heteroatoms. The lowest BCUT2D eigenvalue weighted by Gasteiger charge is -2.23. The summed E-state index contributed by atoms with van der Waals surface area (Å²) >= 11 is 0. The largest absolute Gasteiger partial charge is 0.355 e. The highest BCUT2D eigenvalue weighted by atomic mass is 19.1. The number of hydrogen-bond donors (Lipinski definition) is 0. The SMILES string of the molecule is O=C(N(c1ccccc1)c1ccccc1)n1nnc(-c2ccc(F)cc2)c1-c1ccncc1.O=C(n1nnc(-c2ccc(F)cc2)c1-c1ccncc1)n1c2ccccc2c2ccccc21. The Morgan fingerprint density at radius 3 is 1.27 bits per heavy atom. The zero-order chi connectivity index (χ0) is 45.0. The number of fused-ring (bicyclic) bond motifs is 3. The molecule has 5 heterocycles. The van der Waals surface area contributed by atoms with Gasteiger partial charge in [-0.15, -0.1) is 10.2 Å². The molecule has 0 spiro atoms. The van der Waals surface area contributed by atoms with Crippen molar-refractivity contribution in [1.82, 2.24) is 44.5 Å². The Kier molecular flexibility index (Phi) is 11.0. The summed E-state index contributed by atoms with van der Waals surface area (Å²) in [6, 6.07) is 52.5. The molecule has 1 amide bonds. The average Bonchev–Trinajstić information content (AvgIpc) is 4.11. The first-order chi connectivity index (χ1) is 32.4. The van der Waals surface area contributed by atoms with Crippen molar-refractivity contribution in [3.63, 3.8) is 0 Å². The highest BCUT2D eigenvalue weighted by Crippen LogP contribution is 2.35. The average molecular weight is 869 g/mol. The molecule has 0 aliphatic carbocycles. The van der Waals surface area contributed by atoms with Gasteiger partial charge in [-0.3, -0.25) is 19.4 Å². The second kappa shape index (κ2) is 17.8. The molecule has 0 fully saturated rings. The van der Waals surface area contributed by atoms with E-state index in [1.165, 1.54) is 33.6 Å². The summed E-state index contributed by atoms with van der Waals surface area (Å²) in [4.78, 5) is 37.7. The van der Waals surface area contributed by atoms with Crippen molar-refractivity contribution >= 4 is 45.2 Å². The Balaban J connectivity index is 0.000000155. The second-order valence-corrected chi connectivity index (χ2v) is 14.8. The van der Waals surface area contributed by atoms with Crippen LogP contribution in [0.15, 0.2) is 207 Å². The molecular formula is C52H34F2N10O2. The molecule has 0 unspecified atom stereocenters. The van der Waals surface area contributed by atoms with Gasteiger partial charge in [-0.2, -0.15) is 9.36 Å². The number of hydrogen-bond acceptors (Lipinski definition) is 8. The molecular weight excluding hydrogens is 835 g/mol. The molecule has 0 saturated carbocycles. The summed E-state index contributed by atoms with van der Waals surface area (Å²) in [7, 11) is 0. The number of pyridine rings is 2. The summed E-state index contributed by atoms with van der Waals surface area (Å²) in [5.41, 5.74) is 7.63. The Morgan fingerprint density at radius 2 is 0.818 bits per heavy atom. The van der Waals surface area contributed by atoms with Gasteiger partial charge in [0, 0.05) is 57.8 Å². The first-order valence-electron chi connectivity index (χ1n) is 20.7. The van der Waals surface area contributed by atoms with E-state index < -0.39 is 6.03 Å². The molecule has 0 aliphatic heterocycles. The van der Waals surface area contributed by atoms with E-state index >= 15 is 0 Å². The molecule has 11 aromatic rings. The summed E-state index contributed by atoms with van der Waals surface area (Å²) in [6.45, 7) is 0. The minimum atomic E-state index is -0.403. The molecule has 6 aromatic carbocycles. The van der Waals surface area contributed by atoms with E-state index in [-0.39, 0.29) is 17.7 Å². The number of carbonyl (C=O) groups excluding carboxylic acids is 2. The minimum absolute atomic E-state index is 0.349. The molecule has 0 bridgehead atoms. The van der Waals surface area contributed by atoms with Crippen LogP contribution in [0.2, 0.25) is 0 Å². The fourth-order valence-corrected chi connectivity index (χ4v) is 7.82. The highest BCUT2D eigenvalue weighted by Gasteiger charge is 2.28. The number of halogens is 2. The number of nitrogens with zero attached hydrogens (tertiary/aromatic N) is 10. The van der Waals surface area contributed by atoms with Crippen molar-refractivity contribution in [3.05, 3.63) is 218 Å². The van der Waals surface area contributed by atoms with Crippen molar-refractivity contribution in [1.29, 1.82) is 0 Å². The van der Waals surface area contributed by atoms with Crippen LogP contribution in [-0.4, -0.2) is 56.6 Å². The van der Waals surface area contributed by atoms with Crippen LogP contribution in [0.5, 0.6) is 0 Å². The van der Waals surface area contributed by atoms with E-state index in [1.807, 2.05) is 109 Å². The van der Waals surface area contributed by atoms with Gasteiger partial charge in [0.15, 0.2) is 0 Å². The number of aromatic nitrogens is 9. The van der Waals surface area contributed by atoms with E-state index in [2.05, 4.69) is 30.6 Å². The van der Waals surface area contributed by atoms with Crippen molar-refractivity contribution in [2.45, 2.75) is 0 Å². The molecule has 12 nitrogen and oxygen atoms in total. The third-order valence-corrected chi connectivity index (χ3v) is 10.8. The van der Waals surface area contributed by atoms with E-state index in [9.17, 15) is 18.4 Å². The lowest BCUT2D eigenvalue weighted by atomic mass is 10.1. The molecule has 0 radical (unpaired) electrons. The molecule has 11 rings (SSSR count). The van der Waals surface area contributed by atoms with Crippen molar-refractivity contribution in [3.8, 4) is 45.0 Å². The smallest absolute Gasteiger partial charge is 0.265 e. The first-order valence-corrected chi connectivity index (χ1v) is 20.7. The monoisotopic (exact) mass is 868 g/mol. The van der Waals surface area contributed by atoms with Crippen LogP contribution in [0.25, 0.3) is 66.8 Å². The van der Waals surface area contributed by atoms with Gasteiger partial charge < -0.3 is 0 Å². The number of benzene rings is 6. The first kappa shape index (κ1) is 40.8. The third kappa shape index (κ3) is 7.75. The van der Waals surface area contributed by atoms with Crippen LogP contribution in [0.1, 0.15) is 0 Å². The van der Waals surface area contributed by atoms with Crippen LogP contribution in [-0.2, 0) is 0 Å². The zero-order valence-electron chi connectivity index (χ0n) is 34.7. The number of carbonyl (C=O) groups is 2. The lowest BCUT2D eigenvalue weighted by Crippen LogP contribution is -2.32. The van der Waals surface area contributed by atoms with Crippen LogP contribution < -0.4 is 4.90 Å². The van der Waals surface area contributed by atoms with Gasteiger partial charge in [0.25, 0.3) is 0 Å². The topological polar surface area (TPSA) is 130 Å². The van der Waals surface area contributed by atoms with Crippen LogP contribution in [0.4, 0.5) is 29.7 Å². The maximum atomic E-state index is 14.0. The van der Waals surface area contributed by atoms with Gasteiger partial charge in [-0.05, 0) is 109 Å². The van der Waals surface area contributed by atoms with Gasteiger partial charge >= 0.3 is 12.1 Å². The molecule has 0 saturated heterocycles. The Morgan fingerprint density at radius 1 is 0.424 bits per heavy atom. The highest BCUT2D eigenvalue weighted by molar-refractivity contribution is 6.13. The normalized spacial score (nSPS) is 11.0. The van der Waals surface area contributed by atoms with Crippen molar-refractivity contribution < 1.29 is 18.4 Å². The summed E-state index contributed by atoms with van der Waals surface area (Å²) < 4.78 is 31.3. The molecule has 0 aliphatic rings. The predicted molar refractivity (Wildman–Crippen MR) is 249 cm³/mol. The van der Waals surface area contributed by atoms with Gasteiger partial charge in [-0.1, -0.05) is 83.2 Å². The Hall–Kier alpha value is -9.30. The van der Waals surface area contributed by atoms with Gasteiger partial charge in [0.05, 0.1) is 22.4 Å². The maximum Gasteiger partial charge on any atom is 0.355 e. The lowest BCUT2D eigenvalue weighted by molar-refractivity contribution is 0.242. The summed E-state index contributed by atoms with van der Waals surface area (Å²) in [5.74, 6) is -0.704. The maximum absolute atomic E-state index is 14.0. The molecule has 0 atom stereocenters. The Labute approximate surface area is 375 Å². The quantitative estimate of drug-likeness (QED) is 0.161. The zero-order valence-corrected chi connectivity index (χ0v) is 34.7. The molecule has 0 N–H and O–H groups in total. The van der Waals surface area contributed by atoms with E-state index in [4.69, 9.17) is 0 Å². The predicted octanol–water partition coefficient (Wildman–Crippen LogP) is 11.7. The molecule has 5 aromatic heterocycles. The molecule has 318 valence electrons. The van der Waals surface area contributed by atoms with Crippen LogP contribution >= 0.6 is 0 Å². The second-order valence-electron chi connectivity index (χ2n) is 14.8. The fraction of sp³-hybridized carbons (Fsp3) is 0. The van der Waals surface area contributed by atoms with Crippen LogP contribution in [0.3, 0.4) is 0 Å². The van der Waals surface area contributed by atoms with Gasteiger partial charge in [0.1, 0.15) is 34.4 Å². The fourth-order valence-electron chi connectivity index (χ4n) is 7.82. The van der Waals surface area contributed by atoms with E-state index in [0.29, 0.717) is 50.8 Å². The van der Waals surface area contributed by atoms with Gasteiger partial charge in [0.2, 0.25) is 0 Å². The van der Waals surface area contributed by atoms with Crippen LogP contribution in [0, 0.1) is 11.6 Å². The van der Waals surface area contributed by atoms with Crippen molar-refractivity contribution in [2.24, 2.45) is 0 Å². The van der Waals surface area contributed by atoms with Gasteiger partial charge in [-0.25, -0.2) is 18.4 Å². The standard InChI is InChI=1S/C26H16FN5O.C26H18FN5O/c27-19-11-9-17(10-12-19)24-25(18-13-15-28-16-14-18)32(30-29-24)26(33)31-22-7-3-1-5-20(22)21-6-2-4-8-23(21)31;27-21-13-11-19(12-14-21)24-25(20-15-17-28-18-16-20)32(30-29-24)26(33)31(22-7-3-1-4-8-22)23-9-5-2-6-10-23/h1-16H;1-18H. The third-order valence-electron chi connectivity index (χ3n) is 10.8. The number of anilines is 2. The number of amides is 1. The van der Waals surface area contributed by atoms with Crippen molar-refractivity contribution in [2.75, 3.05) is 4.90 Å². The Bertz CT molecular complexity index is 3380. The van der Waals surface area contributed by atoms with E-state index in [1.54, 1.807) is 82.8 Å². The minimum Gasteiger partial charge on any atom is -0.265 e.